The molecule has 0 bridgehead atoms. The second-order valence-corrected chi connectivity index (χ2v) is 24.1. The van der Waals surface area contributed by atoms with Gasteiger partial charge in [0.2, 0.25) is 0 Å². The third-order valence-electron chi connectivity index (χ3n) is 17.2. The van der Waals surface area contributed by atoms with Crippen molar-refractivity contribution in [2.24, 2.45) is 0 Å². The number of ether oxygens (including phenoxy) is 7. The molecular weight excluding hydrogens is 1290 g/mol. The van der Waals surface area contributed by atoms with Crippen molar-refractivity contribution in [2.45, 2.75) is 153 Å². The van der Waals surface area contributed by atoms with Crippen LogP contribution in [0.2, 0.25) is 0 Å². The topological polar surface area (TPSA) is 108 Å². The molecule has 0 radical (unpaired) electrons. The highest BCUT2D eigenvalue weighted by atomic mass is 16.5. The van der Waals surface area contributed by atoms with Gasteiger partial charge in [0, 0.05) is 84.4 Å². The van der Waals surface area contributed by atoms with Crippen LogP contribution < -0.4 is 23.7 Å². The highest BCUT2D eigenvalue weighted by molar-refractivity contribution is 6.09. The third kappa shape index (κ3) is 22.0. The molecule has 2 aliphatic carbocycles. The van der Waals surface area contributed by atoms with Crippen LogP contribution in [-0.2, 0) is 38.9 Å². The maximum absolute atomic E-state index is 5.68. The summed E-state index contributed by atoms with van der Waals surface area (Å²) in [4.78, 5) is 12.4. The number of hydrogen-bond donors (Lipinski definition) is 0. The van der Waals surface area contributed by atoms with Gasteiger partial charge in [-0.25, -0.2) is 0 Å². The van der Waals surface area contributed by atoms with Crippen LogP contribution in [0.4, 0.5) is 0 Å². The Morgan fingerprint density at radius 2 is 0.654 bits per heavy atom. The van der Waals surface area contributed by atoms with E-state index in [9.17, 15) is 0 Å². The largest absolute Gasteiger partial charge is 0.497 e. The van der Waals surface area contributed by atoms with E-state index in [0.29, 0.717) is 13.2 Å². The summed E-state index contributed by atoms with van der Waals surface area (Å²) in [7, 11) is 11.9. The van der Waals surface area contributed by atoms with Crippen molar-refractivity contribution in [3.05, 3.63) is 283 Å². The molecule has 14 rings (SSSR count). The lowest BCUT2D eigenvalue weighted by Crippen LogP contribution is -2.27. The monoisotopic (exact) mass is 1400 g/mol. The molecule has 0 unspecified atom stereocenters. The van der Waals surface area contributed by atoms with Gasteiger partial charge in [0.15, 0.2) is 23.0 Å². The number of hydrogen-bond acceptors (Lipinski definition) is 10. The van der Waals surface area contributed by atoms with Crippen molar-refractivity contribution in [1.82, 2.24) is 19.5 Å². The molecular formula is C93H118N4O7. The van der Waals surface area contributed by atoms with E-state index < -0.39 is 0 Å². The molecule has 4 aromatic heterocycles. The summed E-state index contributed by atoms with van der Waals surface area (Å²) in [5, 5.41) is 2.56. The molecule has 0 fully saturated rings. The second-order valence-electron chi connectivity index (χ2n) is 24.1. The SMILES string of the molecule is CC.CC.CC.CC.CC.CC.COCc1cccc(COC)c1.COc1cc2c(cc1OC)C1(CC2(C)C)CC(C)(C)c2cc(OC)c(OC)cc21.COc1ccc(-n2c3ccccc3c3ccccc32)cc1.c1ccc(-c2cccnc2)cc1.c1cncc(-c2cccc(-c3cccnc3)c2)c1. The molecule has 8 aromatic carbocycles. The van der Waals surface area contributed by atoms with Crippen LogP contribution in [-0.4, -0.2) is 69.3 Å². The highest BCUT2D eigenvalue weighted by Gasteiger charge is 2.57. The fraction of sp³-hybridized carbons (Fsp3) is 0.323. The minimum absolute atomic E-state index is 0.0275. The van der Waals surface area contributed by atoms with Gasteiger partial charge in [-0.05, 0) is 164 Å². The number of fused-ring (bicyclic) bond motifs is 7. The summed E-state index contributed by atoms with van der Waals surface area (Å²) in [6.45, 7) is 34.7. The van der Waals surface area contributed by atoms with E-state index in [0.717, 1.165) is 64.0 Å². The van der Waals surface area contributed by atoms with E-state index in [-0.39, 0.29) is 16.2 Å². The maximum Gasteiger partial charge on any atom is 0.161 e. The predicted octanol–water partition coefficient (Wildman–Crippen LogP) is 24.9. The first-order valence-electron chi connectivity index (χ1n) is 36.9. The van der Waals surface area contributed by atoms with Gasteiger partial charge in [-0.15, -0.1) is 0 Å². The Bertz CT molecular complexity index is 4100. The fourth-order valence-corrected chi connectivity index (χ4v) is 13.1. The summed E-state index contributed by atoms with van der Waals surface area (Å²) >= 11 is 0. The number of benzene rings is 8. The maximum atomic E-state index is 5.68. The van der Waals surface area contributed by atoms with Crippen LogP contribution in [0.1, 0.15) is 157 Å². The quantitative estimate of drug-likeness (QED) is 0.111. The molecule has 0 aliphatic heterocycles. The first kappa shape index (κ1) is 86.3. The summed E-state index contributed by atoms with van der Waals surface area (Å²) < 4.78 is 40.2. The van der Waals surface area contributed by atoms with Crippen molar-refractivity contribution in [3.63, 3.8) is 0 Å². The van der Waals surface area contributed by atoms with Crippen molar-refractivity contribution in [3.8, 4) is 67.8 Å². The standard InChI is InChI=1S/C25H32O4.C19H15NO.C16H12N2.C11H9N.C10H14O2.6C2H6/c1-23(2)13-25(17-11-21(28-7)19(26-5)9-15(17)23)14-24(3,4)16-10-20(27-6)22(29-8)12-18(16)25;1-21-15-12-10-14(11-13-15)20-18-8-4-2-6-16(18)17-7-3-5-9-19(17)20;1-4-13(15-6-2-8-17-11-15)10-14(5-1)16-7-3-9-18-12-16;1-2-5-10(6-3-1)11-7-4-8-12-9-11;1-11-7-9-4-3-5-10(6-9)8-12-2;6*1-2/h9-12H,13-14H2,1-8H3;2-13H,1H3;1-12H;1-9H;3-6H,7-8H2,1-2H3;6*1-2H3. The molecule has 2 aliphatic rings. The average Bonchev–Trinajstić information content (AvgIpc) is 1.52. The Morgan fingerprint density at radius 1 is 0.317 bits per heavy atom. The van der Waals surface area contributed by atoms with Crippen LogP contribution in [0.5, 0.6) is 28.7 Å². The van der Waals surface area contributed by atoms with Gasteiger partial charge in [-0.2, -0.15) is 0 Å². The molecule has 11 nitrogen and oxygen atoms in total. The van der Waals surface area contributed by atoms with E-state index in [2.05, 4.69) is 193 Å². The Kier molecular flexibility index (Phi) is 37.5. The van der Waals surface area contributed by atoms with Crippen LogP contribution in [0.25, 0.3) is 60.9 Å². The molecule has 104 heavy (non-hydrogen) atoms. The van der Waals surface area contributed by atoms with E-state index in [4.69, 9.17) is 33.2 Å². The zero-order valence-corrected chi connectivity index (χ0v) is 66.6. The molecule has 0 saturated heterocycles. The minimum Gasteiger partial charge on any atom is -0.497 e. The lowest BCUT2D eigenvalue weighted by Gasteiger charge is -2.30. The number of rotatable bonds is 13. The molecule has 552 valence electrons. The average molecular weight is 1400 g/mol. The van der Waals surface area contributed by atoms with Crippen molar-refractivity contribution in [2.75, 3.05) is 49.8 Å². The highest BCUT2D eigenvalue weighted by Crippen LogP contribution is 2.65. The zero-order chi connectivity index (χ0) is 76.7. The van der Waals surface area contributed by atoms with E-state index in [1.807, 2.05) is 168 Å². The van der Waals surface area contributed by atoms with Gasteiger partial charge in [0.25, 0.3) is 0 Å². The molecule has 4 heterocycles. The van der Waals surface area contributed by atoms with Crippen LogP contribution in [0.3, 0.4) is 0 Å². The predicted molar refractivity (Wildman–Crippen MR) is 441 cm³/mol. The summed E-state index contributed by atoms with van der Waals surface area (Å²) in [6, 6.07) is 72.9. The van der Waals surface area contributed by atoms with Crippen molar-refractivity contribution in [1.29, 1.82) is 0 Å². The Labute approximate surface area is 624 Å². The molecule has 1 spiro atoms. The minimum atomic E-state index is -0.0865. The van der Waals surface area contributed by atoms with Gasteiger partial charge >= 0.3 is 0 Å². The molecule has 0 saturated carbocycles. The van der Waals surface area contributed by atoms with E-state index in [1.54, 1.807) is 68.4 Å². The van der Waals surface area contributed by atoms with Gasteiger partial charge < -0.3 is 37.7 Å². The van der Waals surface area contributed by atoms with Crippen LogP contribution in [0.15, 0.2) is 250 Å². The molecule has 12 aromatic rings. The number of methoxy groups -OCH3 is 7. The fourth-order valence-electron chi connectivity index (χ4n) is 13.1. The molecule has 0 N–H and O–H groups in total. The first-order chi connectivity index (χ1) is 50.8. The number of aromatic nitrogens is 4. The van der Waals surface area contributed by atoms with Gasteiger partial charge in [-0.1, -0.05) is 238 Å². The van der Waals surface area contributed by atoms with E-state index in [1.165, 1.54) is 71.9 Å². The summed E-state index contributed by atoms with van der Waals surface area (Å²) in [5.41, 5.74) is 18.3. The second kappa shape index (κ2) is 45.1. The van der Waals surface area contributed by atoms with Crippen molar-refractivity contribution < 1.29 is 33.2 Å². The Balaban J connectivity index is 0.000000274. The summed E-state index contributed by atoms with van der Waals surface area (Å²) in [6.07, 6.45) is 13.1. The third-order valence-corrected chi connectivity index (χ3v) is 17.2. The normalized spacial score (nSPS) is 12.1. The van der Waals surface area contributed by atoms with Crippen LogP contribution in [0, 0.1) is 0 Å². The number of nitrogens with zero attached hydrogens (tertiary/aromatic N) is 4. The van der Waals surface area contributed by atoms with Gasteiger partial charge in [0.1, 0.15) is 5.75 Å². The lowest BCUT2D eigenvalue weighted by molar-refractivity contribution is 0.180. The molecule has 0 atom stereocenters. The molecule has 11 heteroatoms. The number of pyridine rings is 3. The zero-order valence-electron chi connectivity index (χ0n) is 66.6. The van der Waals surface area contributed by atoms with Gasteiger partial charge in [0.05, 0.1) is 59.8 Å². The molecule has 0 amide bonds. The lowest BCUT2D eigenvalue weighted by atomic mass is 9.72. The number of para-hydroxylation sites is 2. The first-order valence-corrected chi connectivity index (χ1v) is 36.9. The Hall–Kier alpha value is -10.1. The summed E-state index contributed by atoms with van der Waals surface area (Å²) in [5.74, 6) is 4.03. The van der Waals surface area contributed by atoms with E-state index >= 15 is 0 Å². The van der Waals surface area contributed by atoms with Crippen molar-refractivity contribution >= 4 is 21.8 Å². The Morgan fingerprint density at radius 3 is 1.01 bits per heavy atom. The van der Waals surface area contributed by atoms with Gasteiger partial charge in [-0.3, -0.25) is 15.0 Å². The smallest absolute Gasteiger partial charge is 0.161 e. The van der Waals surface area contributed by atoms with Crippen LogP contribution >= 0.6 is 0 Å².